The molecular formula is C21H38O15. The minimum Gasteiger partial charge on any atom is -0.394 e. The summed E-state index contributed by atoms with van der Waals surface area (Å²) in [5, 5.41) is 91.5. The van der Waals surface area contributed by atoms with Crippen LogP contribution in [0.25, 0.3) is 0 Å². The third-order valence-corrected chi connectivity index (χ3v) is 6.52. The Bertz CT molecular complexity index is 669. The van der Waals surface area contributed by atoms with E-state index in [1.807, 2.05) is 6.92 Å². The molecule has 0 bridgehead atoms. The van der Waals surface area contributed by atoms with Crippen molar-refractivity contribution in [1.29, 1.82) is 0 Å². The second-order valence-electron chi connectivity index (χ2n) is 9.17. The van der Waals surface area contributed by atoms with E-state index < -0.39 is 105 Å². The minimum atomic E-state index is -1.81. The first-order chi connectivity index (χ1) is 17.0. The Morgan fingerprint density at radius 1 is 0.583 bits per heavy atom. The first-order valence-corrected chi connectivity index (χ1v) is 11.9. The van der Waals surface area contributed by atoms with E-state index in [0.717, 1.165) is 0 Å². The van der Waals surface area contributed by atoms with Gasteiger partial charge in [-0.25, -0.2) is 0 Å². The van der Waals surface area contributed by atoms with Crippen molar-refractivity contribution in [1.82, 2.24) is 0 Å². The summed E-state index contributed by atoms with van der Waals surface area (Å²) in [6, 6.07) is 0. The van der Waals surface area contributed by atoms with E-state index in [-0.39, 0.29) is 6.61 Å². The van der Waals surface area contributed by atoms with Crippen LogP contribution in [0.2, 0.25) is 0 Å². The molecule has 0 radical (unpaired) electrons. The van der Waals surface area contributed by atoms with Crippen molar-refractivity contribution < 1.29 is 74.4 Å². The van der Waals surface area contributed by atoms with E-state index in [2.05, 4.69) is 0 Å². The number of hydrogen-bond acceptors (Lipinski definition) is 15. The van der Waals surface area contributed by atoms with Crippen molar-refractivity contribution >= 4 is 0 Å². The molecule has 0 saturated carbocycles. The summed E-state index contributed by atoms with van der Waals surface area (Å²) in [5.74, 6) is 0. The molecule has 3 heterocycles. The maximum Gasteiger partial charge on any atom is 0.187 e. The van der Waals surface area contributed by atoms with Crippen LogP contribution in [0.1, 0.15) is 20.3 Å². The molecule has 9 N–H and O–H groups in total. The molecule has 0 spiro atoms. The molecule has 0 amide bonds. The number of aliphatic hydroxyl groups is 9. The minimum absolute atomic E-state index is 0.171. The van der Waals surface area contributed by atoms with Gasteiger partial charge in [0.1, 0.15) is 67.1 Å². The van der Waals surface area contributed by atoms with Gasteiger partial charge in [0.05, 0.1) is 19.3 Å². The normalized spacial score (nSPS) is 50.2. The molecule has 3 saturated heterocycles. The van der Waals surface area contributed by atoms with Crippen molar-refractivity contribution in [2.45, 2.75) is 112 Å². The summed E-state index contributed by atoms with van der Waals surface area (Å²) in [7, 11) is 0. The first-order valence-electron chi connectivity index (χ1n) is 11.9. The van der Waals surface area contributed by atoms with E-state index in [1.165, 1.54) is 6.92 Å². The Labute approximate surface area is 207 Å². The van der Waals surface area contributed by atoms with Crippen molar-refractivity contribution in [3.05, 3.63) is 0 Å². The predicted octanol–water partition coefficient (Wildman–Crippen LogP) is -5.11. The van der Waals surface area contributed by atoms with E-state index in [1.54, 1.807) is 0 Å². The van der Waals surface area contributed by atoms with Crippen LogP contribution in [0.4, 0.5) is 0 Å². The average Bonchev–Trinajstić information content (AvgIpc) is 2.87. The first kappa shape index (κ1) is 29.9. The van der Waals surface area contributed by atoms with E-state index >= 15 is 0 Å². The number of hydrogen-bond donors (Lipinski definition) is 9. The Morgan fingerprint density at radius 2 is 1.11 bits per heavy atom. The molecule has 3 aliphatic heterocycles. The smallest absolute Gasteiger partial charge is 0.187 e. The average molecular weight is 531 g/mol. The zero-order valence-corrected chi connectivity index (χ0v) is 20.0. The summed E-state index contributed by atoms with van der Waals surface area (Å²) in [6.07, 6.45) is -22.0. The zero-order chi connectivity index (χ0) is 26.7. The fraction of sp³-hybridized carbons (Fsp3) is 1.00. The van der Waals surface area contributed by atoms with Gasteiger partial charge in [0.25, 0.3) is 0 Å². The summed E-state index contributed by atoms with van der Waals surface area (Å²) in [6.45, 7) is 2.02. The van der Waals surface area contributed by atoms with Crippen LogP contribution in [0.5, 0.6) is 0 Å². The number of ether oxygens (including phenoxy) is 6. The number of aliphatic hydroxyl groups excluding tert-OH is 9. The largest absolute Gasteiger partial charge is 0.394 e. The molecule has 15 atom stereocenters. The topological polar surface area (TPSA) is 237 Å². The van der Waals surface area contributed by atoms with Crippen LogP contribution >= 0.6 is 0 Å². The van der Waals surface area contributed by atoms with Crippen molar-refractivity contribution in [3.63, 3.8) is 0 Å². The van der Waals surface area contributed by atoms with Gasteiger partial charge in [-0.1, -0.05) is 6.92 Å². The molecule has 0 unspecified atom stereocenters. The third kappa shape index (κ3) is 6.17. The Balaban J connectivity index is 1.87. The van der Waals surface area contributed by atoms with Crippen molar-refractivity contribution in [2.24, 2.45) is 0 Å². The molecule has 36 heavy (non-hydrogen) atoms. The third-order valence-electron chi connectivity index (χ3n) is 6.52. The van der Waals surface area contributed by atoms with Gasteiger partial charge in [-0.15, -0.1) is 0 Å². The Kier molecular flexibility index (Phi) is 10.8. The van der Waals surface area contributed by atoms with Gasteiger partial charge < -0.3 is 74.4 Å². The van der Waals surface area contributed by atoms with Gasteiger partial charge in [-0.05, 0) is 13.3 Å². The maximum absolute atomic E-state index is 11.0. The predicted molar refractivity (Wildman–Crippen MR) is 114 cm³/mol. The fourth-order valence-corrected chi connectivity index (χ4v) is 4.35. The molecule has 3 aliphatic rings. The van der Waals surface area contributed by atoms with Gasteiger partial charge in [-0.3, -0.25) is 0 Å². The highest BCUT2D eigenvalue weighted by Crippen LogP contribution is 2.33. The van der Waals surface area contributed by atoms with Crippen molar-refractivity contribution in [3.8, 4) is 0 Å². The monoisotopic (exact) mass is 530 g/mol. The van der Waals surface area contributed by atoms with Crippen LogP contribution in [0.15, 0.2) is 0 Å². The molecule has 3 fully saturated rings. The molecule has 15 heteroatoms. The Morgan fingerprint density at radius 3 is 1.69 bits per heavy atom. The van der Waals surface area contributed by atoms with Gasteiger partial charge in [0, 0.05) is 6.61 Å². The summed E-state index contributed by atoms with van der Waals surface area (Å²) < 4.78 is 33.5. The zero-order valence-electron chi connectivity index (χ0n) is 20.0. The second kappa shape index (κ2) is 13.0. The maximum atomic E-state index is 11.0. The summed E-state index contributed by atoms with van der Waals surface area (Å²) in [4.78, 5) is 0. The number of rotatable bonds is 9. The highest BCUT2D eigenvalue weighted by Gasteiger charge is 2.54. The molecule has 0 aromatic rings. The molecule has 0 aromatic heterocycles. The molecular weight excluding hydrogens is 492 g/mol. The van der Waals surface area contributed by atoms with Gasteiger partial charge in [0.15, 0.2) is 18.9 Å². The van der Waals surface area contributed by atoms with Crippen LogP contribution < -0.4 is 0 Å². The van der Waals surface area contributed by atoms with Gasteiger partial charge in [-0.2, -0.15) is 0 Å². The quantitative estimate of drug-likeness (QED) is 0.135. The fourth-order valence-electron chi connectivity index (χ4n) is 4.35. The van der Waals surface area contributed by atoms with Gasteiger partial charge in [0.2, 0.25) is 0 Å². The molecule has 0 aromatic carbocycles. The lowest BCUT2D eigenvalue weighted by atomic mass is 9.96. The molecule has 15 nitrogen and oxygen atoms in total. The van der Waals surface area contributed by atoms with Crippen molar-refractivity contribution in [2.75, 3.05) is 19.8 Å². The SMILES string of the molecule is CCCO[C@@H]1O[C@H](CO)[C@@H](O[C@@H]2O[C@@H](C)[C@@H](O)[C@@H](O)[C@@H]2O)[C@H](O[C@@H]2O[C@H](CO)[C@H](O)[C@H](O)[C@@H]2O)[C@H]1O. The van der Waals surface area contributed by atoms with E-state index in [9.17, 15) is 46.0 Å². The second-order valence-corrected chi connectivity index (χ2v) is 9.17. The Hall–Kier alpha value is -0.600. The highest BCUT2D eigenvalue weighted by atomic mass is 16.8. The van der Waals surface area contributed by atoms with Crippen LogP contribution in [0.3, 0.4) is 0 Å². The van der Waals surface area contributed by atoms with Crippen LogP contribution in [0, 0.1) is 0 Å². The van der Waals surface area contributed by atoms with E-state index in [0.29, 0.717) is 6.42 Å². The molecule has 212 valence electrons. The van der Waals surface area contributed by atoms with Gasteiger partial charge >= 0.3 is 0 Å². The molecule has 0 aliphatic carbocycles. The summed E-state index contributed by atoms with van der Waals surface area (Å²) in [5.41, 5.74) is 0. The highest BCUT2D eigenvalue weighted by molar-refractivity contribution is 4.96. The van der Waals surface area contributed by atoms with Crippen LogP contribution in [-0.2, 0) is 28.4 Å². The molecule has 3 rings (SSSR count). The standard InChI is InChI=1S/C21H38O15/c1-3-4-31-19-16(30)18(36-21-15(29)13(27)11(25)8(5-22)33-21)17(9(6-23)34-19)35-20-14(28)12(26)10(24)7(2)32-20/h7-30H,3-6H2,1-2H3/t7-,8+,9+,10+,11-,12+,13-,14-,15-,16+,17+,18+,19+,20-,21-/m0/s1. The lowest BCUT2D eigenvalue weighted by Gasteiger charge is -2.48. The van der Waals surface area contributed by atoms with E-state index in [4.69, 9.17) is 28.4 Å². The lowest BCUT2D eigenvalue weighted by Crippen LogP contribution is -2.67. The lowest BCUT2D eigenvalue weighted by molar-refractivity contribution is -0.385. The van der Waals surface area contributed by atoms with Crippen LogP contribution in [-0.4, -0.2) is 158 Å². The summed E-state index contributed by atoms with van der Waals surface area (Å²) >= 11 is 0.